The fraction of sp³-hybridized carbons (Fsp3) is 0.500. The molecule has 0 saturated carbocycles. The first-order valence-corrected chi connectivity index (χ1v) is 6.59. The van der Waals surface area contributed by atoms with E-state index >= 15 is 0 Å². The Morgan fingerprint density at radius 1 is 1.33 bits per heavy atom. The highest BCUT2D eigenvalue weighted by Gasteiger charge is 2.24. The topological polar surface area (TPSA) is 29.5 Å². The van der Waals surface area contributed by atoms with Gasteiger partial charge in [0.15, 0.2) is 5.78 Å². The van der Waals surface area contributed by atoms with E-state index in [4.69, 9.17) is 16.3 Å². The molecule has 0 unspecified atom stereocenters. The number of carbonyl (C=O) groups excluding carboxylic acids is 1. The largest absolute Gasteiger partial charge is 0.373 e. The second-order valence-corrected chi connectivity index (χ2v) is 5.26. The summed E-state index contributed by atoms with van der Waals surface area (Å²) in [6.45, 7) is 6.05. The zero-order valence-corrected chi connectivity index (χ0v) is 11.5. The molecule has 4 heteroatoms. The Hall–Kier alpha value is -0.900. The lowest BCUT2D eigenvalue weighted by Gasteiger charge is -2.34. The van der Waals surface area contributed by atoms with Gasteiger partial charge in [0.1, 0.15) is 0 Å². The monoisotopic (exact) mass is 267 g/mol. The Morgan fingerprint density at radius 2 is 1.94 bits per heavy atom. The Balaban J connectivity index is 2.01. The number of ether oxygens (including phenoxy) is 1. The van der Waals surface area contributed by atoms with E-state index in [-0.39, 0.29) is 18.0 Å². The second-order valence-electron chi connectivity index (χ2n) is 4.85. The molecule has 2 atom stereocenters. The molecule has 0 radical (unpaired) electrons. The van der Waals surface area contributed by atoms with Crippen LogP contribution in [0.5, 0.6) is 0 Å². The van der Waals surface area contributed by atoms with Gasteiger partial charge in [0, 0.05) is 18.7 Å². The molecule has 1 aromatic carbocycles. The number of hydrogen-bond donors (Lipinski definition) is 0. The van der Waals surface area contributed by atoms with Crippen LogP contribution in [-0.2, 0) is 4.74 Å². The van der Waals surface area contributed by atoms with Gasteiger partial charge in [-0.05, 0) is 26.0 Å². The average molecular weight is 268 g/mol. The third-order valence-corrected chi connectivity index (χ3v) is 3.37. The van der Waals surface area contributed by atoms with Gasteiger partial charge >= 0.3 is 0 Å². The van der Waals surface area contributed by atoms with Gasteiger partial charge in [0.05, 0.1) is 23.8 Å². The van der Waals surface area contributed by atoms with E-state index in [1.54, 1.807) is 12.1 Å². The van der Waals surface area contributed by atoms with Crippen LogP contribution < -0.4 is 0 Å². The van der Waals surface area contributed by atoms with Crippen LogP contribution in [0.25, 0.3) is 0 Å². The number of benzene rings is 1. The molecule has 0 aromatic heterocycles. The molecule has 0 amide bonds. The molecule has 1 saturated heterocycles. The molecule has 2 rings (SSSR count). The van der Waals surface area contributed by atoms with Crippen LogP contribution in [0.1, 0.15) is 24.2 Å². The number of hydrogen-bond acceptors (Lipinski definition) is 3. The highest BCUT2D eigenvalue weighted by molar-refractivity contribution is 6.34. The van der Waals surface area contributed by atoms with Crippen molar-refractivity contribution in [2.75, 3.05) is 19.6 Å². The van der Waals surface area contributed by atoms with E-state index in [1.165, 1.54) is 0 Å². The fourth-order valence-electron chi connectivity index (χ4n) is 2.39. The molecule has 0 bridgehead atoms. The van der Waals surface area contributed by atoms with Crippen molar-refractivity contribution in [3.63, 3.8) is 0 Å². The van der Waals surface area contributed by atoms with Crippen molar-refractivity contribution in [3.05, 3.63) is 34.9 Å². The summed E-state index contributed by atoms with van der Waals surface area (Å²) in [5.41, 5.74) is 0.603. The van der Waals surface area contributed by atoms with Crippen molar-refractivity contribution in [1.29, 1.82) is 0 Å². The maximum Gasteiger partial charge on any atom is 0.178 e. The minimum Gasteiger partial charge on any atom is -0.373 e. The predicted molar refractivity (Wildman–Crippen MR) is 72.2 cm³/mol. The van der Waals surface area contributed by atoms with Crippen molar-refractivity contribution in [2.24, 2.45) is 0 Å². The van der Waals surface area contributed by atoms with Gasteiger partial charge in [-0.3, -0.25) is 9.69 Å². The second kappa shape index (κ2) is 5.83. The quantitative estimate of drug-likeness (QED) is 0.789. The molecule has 1 aliphatic rings. The SMILES string of the molecule is C[C@@H]1CN(CC(=O)c2ccccc2Cl)C[C@@H](C)O1. The number of carbonyl (C=O) groups is 1. The smallest absolute Gasteiger partial charge is 0.178 e. The van der Waals surface area contributed by atoms with Gasteiger partial charge in [-0.15, -0.1) is 0 Å². The van der Waals surface area contributed by atoms with Gasteiger partial charge in [0.2, 0.25) is 0 Å². The summed E-state index contributed by atoms with van der Waals surface area (Å²) in [4.78, 5) is 14.3. The van der Waals surface area contributed by atoms with Crippen LogP contribution in [0.4, 0.5) is 0 Å². The summed E-state index contributed by atoms with van der Waals surface area (Å²) in [6, 6.07) is 7.19. The predicted octanol–water partition coefficient (Wildman–Crippen LogP) is 2.63. The summed E-state index contributed by atoms with van der Waals surface area (Å²) >= 11 is 6.03. The van der Waals surface area contributed by atoms with Crippen molar-refractivity contribution >= 4 is 17.4 Å². The molecular weight excluding hydrogens is 250 g/mol. The lowest BCUT2D eigenvalue weighted by Crippen LogP contribution is -2.47. The van der Waals surface area contributed by atoms with Crippen LogP contribution in [0.3, 0.4) is 0 Å². The van der Waals surface area contributed by atoms with Gasteiger partial charge < -0.3 is 4.74 Å². The summed E-state index contributed by atoms with van der Waals surface area (Å²) in [7, 11) is 0. The summed E-state index contributed by atoms with van der Waals surface area (Å²) in [5, 5.41) is 0.525. The van der Waals surface area contributed by atoms with Crippen LogP contribution in [0.15, 0.2) is 24.3 Å². The molecule has 1 aromatic rings. The van der Waals surface area contributed by atoms with Crippen molar-refractivity contribution in [1.82, 2.24) is 4.90 Å². The number of nitrogens with zero attached hydrogens (tertiary/aromatic N) is 1. The van der Waals surface area contributed by atoms with E-state index in [9.17, 15) is 4.79 Å². The molecule has 1 aliphatic heterocycles. The molecule has 1 fully saturated rings. The molecule has 98 valence electrons. The maximum atomic E-state index is 12.2. The normalized spacial score (nSPS) is 25.1. The van der Waals surface area contributed by atoms with Crippen LogP contribution in [0, 0.1) is 0 Å². The molecule has 0 aliphatic carbocycles. The molecule has 18 heavy (non-hydrogen) atoms. The fourth-order valence-corrected chi connectivity index (χ4v) is 2.63. The average Bonchev–Trinajstić information content (AvgIpc) is 2.27. The minimum absolute atomic E-state index is 0.0712. The van der Waals surface area contributed by atoms with Crippen molar-refractivity contribution < 1.29 is 9.53 Å². The third kappa shape index (κ3) is 3.31. The van der Waals surface area contributed by atoms with Crippen molar-refractivity contribution in [3.8, 4) is 0 Å². The Labute approximate surface area is 113 Å². The van der Waals surface area contributed by atoms with Crippen LogP contribution in [-0.4, -0.2) is 42.5 Å². The van der Waals surface area contributed by atoms with Gasteiger partial charge in [-0.1, -0.05) is 23.7 Å². The van der Waals surface area contributed by atoms with Gasteiger partial charge in [0.25, 0.3) is 0 Å². The third-order valence-electron chi connectivity index (χ3n) is 3.04. The number of rotatable bonds is 3. The van der Waals surface area contributed by atoms with E-state index in [1.807, 2.05) is 26.0 Å². The number of Topliss-reactive ketones (excluding diaryl/α,β-unsaturated/α-hetero) is 1. The number of ketones is 1. The molecule has 0 N–H and O–H groups in total. The van der Waals surface area contributed by atoms with Crippen molar-refractivity contribution in [2.45, 2.75) is 26.1 Å². The standard InChI is InChI=1S/C14H18ClNO2/c1-10-7-16(8-11(2)18-10)9-14(17)12-5-3-4-6-13(12)15/h3-6,10-11H,7-9H2,1-2H3/t10-,11-/m1/s1. The summed E-state index contributed by atoms with van der Waals surface area (Å²) in [5.74, 6) is 0.0712. The highest BCUT2D eigenvalue weighted by atomic mass is 35.5. The van der Waals surface area contributed by atoms with Gasteiger partial charge in [-0.25, -0.2) is 0 Å². The maximum absolute atomic E-state index is 12.2. The van der Waals surface area contributed by atoms with Crippen LogP contribution in [0.2, 0.25) is 5.02 Å². The first kappa shape index (κ1) is 13.5. The lowest BCUT2D eigenvalue weighted by atomic mass is 10.1. The van der Waals surface area contributed by atoms with E-state index in [2.05, 4.69) is 4.90 Å². The first-order chi connectivity index (χ1) is 8.56. The molecule has 0 spiro atoms. The first-order valence-electron chi connectivity index (χ1n) is 6.22. The highest BCUT2D eigenvalue weighted by Crippen LogP contribution is 2.17. The number of morpholine rings is 1. The zero-order chi connectivity index (χ0) is 13.1. The van der Waals surface area contributed by atoms with E-state index in [0.717, 1.165) is 13.1 Å². The Morgan fingerprint density at radius 3 is 2.56 bits per heavy atom. The van der Waals surface area contributed by atoms with Gasteiger partial charge in [-0.2, -0.15) is 0 Å². The molecule has 1 heterocycles. The zero-order valence-electron chi connectivity index (χ0n) is 10.7. The number of halogens is 1. The minimum atomic E-state index is 0.0712. The Kier molecular flexibility index (Phi) is 4.38. The molecular formula is C14H18ClNO2. The summed E-state index contributed by atoms with van der Waals surface area (Å²) < 4.78 is 5.65. The summed E-state index contributed by atoms with van der Waals surface area (Å²) in [6.07, 6.45) is 0.348. The Bertz CT molecular complexity index is 426. The molecule has 3 nitrogen and oxygen atoms in total. The van der Waals surface area contributed by atoms with Crippen LogP contribution >= 0.6 is 11.6 Å². The lowest BCUT2D eigenvalue weighted by molar-refractivity contribution is -0.0652. The van der Waals surface area contributed by atoms with E-state index in [0.29, 0.717) is 17.1 Å². The van der Waals surface area contributed by atoms with E-state index < -0.39 is 0 Å².